The minimum atomic E-state index is -0.569. The van der Waals surface area contributed by atoms with Gasteiger partial charge in [-0.15, -0.1) is 0 Å². The lowest BCUT2D eigenvalue weighted by molar-refractivity contribution is 0.103. The zero-order chi connectivity index (χ0) is 15.2. The molecule has 0 spiro atoms. The van der Waals surface area contributed by atoms with E-state index in [1.807, 2.05) is 13.8 Å². The van der Waals surface area contributed by atoms with E-state index < -0.39 is 5.82 Å². The molecule has 0 aliphatic carbocycles. The summed E-state index contributed by atoms with van der Waals surface area (Å²) in [6, 6.07) is 9.19. The van der Waals surface area contributed by atoms with Crippen molar-refractivity contribution in [2.45, 2.75) is 19.3 Å². The average Bonchev–Trinajstić information content (AvgIpc) is 2.76. The molecule has 0 N–H and O–H groups in total. The first-order valence-electron chi connectivity index (χ1n) is 6.65. The van der Waals surface area contributed by atoms with Gasteiger partial charge in [0.25, 0.3) is 0 Å². The highest BCUT2D eigenvalue weighted by Crippen LogP contribution is 2.39. The van der Waals surface area contributed by atoms with Crippen LogP contribution in [0.1, 0.15) is 35.3 Å². The number of halogens is 2. The maximum absolute atomic E-state index is 13.8. The molecule has 21 heavy (non-hydrogen) atoms. The van der Waals surface area contributed by atoms with E-state index in [9.17, 15) is 9.18 Å². The van der Waals surface area contributed by atoms with Crippen molar-refractivity contribution in [3.8, 4) is 5.75 Å². The van der Waals surface area contributed by atoms with Gasteiger partial charge in [0.15, 0.2) is 5.78 Å². The van der Waals surface area contributed by atoms with E-state index in [0.717, 1.165) is 11.3 Å². The monoisotopic (exact) mass is 304 g/mol. The van der Waals surface area contributed by atoms with Crippen molar-refractivity contribution in [2.24, 2.45) is 0 Å². The van der Waals surface area contributed by atoms with Crippen molar-refractivity contribution in [3.63, 3.8) is 0 Å². The van der Waals surface area contributed by atoms with E-state index in [0.29, 0.717) is 17.2 Å². The second kappa shape index (κ2) is 4.85. The molecule has 0 fully saturated rings. The minimum Gasteiger partial charge on any atom is -0.492 e. The molecule has 108 valence electrons. The molecule has 0 saturated heterocycles. The van der Waals surface area contributed by atoms with Crippen LogP contribution in [-0.2, 0) is 5.41 Å². The summed E-state index contributed by atoms with van der Waals surface area (Å²) >= 11 is 5.85. The predicted molar refractivity (Wildman–Crippen MR) is 79.8 cm³/mol. The molecule has 0 atom stereocenters. The van der Waals surface area contributed by atoms with E-state index in [1.165, 1.54) is 18.2 Å². The van der Waals surface area contributed by atoms with Crippen molar-refractivity contribution in [3.05, 3.63) is 63.9 Å². The molecule has 2 aromatic carbocycles. The molecule has 0 saturated carbocycles. The first kappa shape index (κ1) is 14.1. The lowest BCUT2D eigenvalue weighted by Crippen LogP contribution is -2.18. The average molecular weight is 305 g/mol. The molecule has 1 aliphatic rings. The van der Waals surface area contributed by atoms with Crippen molar-refractivity contribution in [1.82, 2.24) is 0 Å². The van der Waals surface area contributed by atoms with Gasteiger partial charge in [0, 0.05) is 21.6 Å². The van der Waals surface area contributed by atoms with Gasteiger partial charge in [0.2, 0.25) is 0 Å². The number of ketones is 1. The minimum absolute atomic E-state index is 0.0147. The number of hydrogen-bond donors (Lipinski definition) is 0. The van der Waals surface area contributed by atoms with Gasteiger partial charge >= 0.3 is 0 Å². The molecule has 0 bridgehead atoms. The van der Waals surface area contributed by atoms with Crippen LogP contribution in [-0.4, -0.2) is 12.4 Å². The predicted octanol–water partition coefficient (Wildman–Crippen LogP) is 4.38. The second-order valence-electron chi connectivity index (χ2n) is 5.84. The van der Waals surface area contributed by atoms with Gasteiger partial charge in [0.05, 0.1) is 12.2 Å². The standard InChI is InChI=1S/C17H14ClFO2/c1-17(2)9-21-15-6-3-10(7-13(15)17)16(20)12-8-11(18)4-5-14(12)19/h3-8H,9H2,1-2H3. The van der Waals surface area contributed by atoms with Gasteiger partial charge in [0.1, 0.15) is 11.6 Å². The third-order valence-electron chi connectivity index (χ3n) is 3.73. The first-order chi connectivity index (χ1) is 9.88. The molecule has 0 aromatic heterocycles. The summed E-state index contributed by atoms with van der Waals surface area (Å²) in [5, 5.41) is 0.338. The zero-order valence-electron chi connectivity index (χ0n) is 11.7. The van der Waals surface area contributed by atoms with Crippen molar-refractivity contribution >= 4 is 17.4 Å². The normalized spacial score (nSPS) is 15.4. The molecule has 0 amide bonds. The lowest BCUT2D eigenvalue weighted by Gasteiger charge is -2.15. The molecule has 3 rings (SSSR count). The molecular weight excluding hydrogens is 291 g/mol. The Labute approximate surface area is 127 Å². The Morgan fingerprint density at radius 3 is 2.76 bits per heavy atom. The van der Waals surface area contributed by atoms with Crippen molar-refractivity contribution in [2.75, 3.05) is 6.61 Å². The number of carbonyl (C=O) groups excluding carboxylic acids is 1. The van der Waals surface area contributed by atoms with E-state index in [1.54, 1.807) is 18.2 Å². The maximum atomic E-state index is 13.8. The Hall–Kier alpha value is -1.87. The summed E-state index contributed by atoms with van der Waals surface area (Å²) in [4.78, 5) is 12.5. The van der Waals surface area contributed by atoms with Gasteiger partial charge in [-0.2, -0.15) is 0 Å². The molecular formula is C17H14ClFO2. The smallest absolute Gasteiger partial charge is 0.196 e. The highest BCUT2D eigenvalue weighted by atomic mass is 35.5. The van der Waals surface area contributed by atoms with Gasteiger partial charge in [-0.05, 0) is 36.4 Å². The van der Waals surface area contributed by atoms with Crippen LogP contribution in [0.15, 0.2) is 36.4 Å². The Morgan fingerprint density at radius 2 is 2.00 bits per heavy atom. The zero-order valence-corrected chi connectivity index (χ0v) is 12.5. The molecule has 1 aliphatic heterocycles. The summed E-state index contributed by atoms with van der Waals surface area (Å²) < 4.78 is 19.4. The number of fused-ring (bicyclic) bond motifs is 1. The van der Waals surface area contributed by atoms with Crippen molar-refractivity contribution < 1.29 is 13.9 Å². The van der Waals surface area contributed by atoms with Crippen molar-refractivity contribution in [1.29, 1.82) is 0 Å². The van der Waals surface area contributed by atoms with E-state index in [2.05, 4.69) is 0 Å². The molecule has 4 heteroatoms. The number of hydrogen-bond acceptors (Lipinski definition) is 2. The highest BCUT2D eigenvalue weighted by molar-refractivity contribution is 6.31. The van der Waals surface area contributed by atoms with Crippen LogP contribution in [0.25, 0.3) is 0 Å². The fourth-order valence-corrected chi connectivity index (χ4v) is 2.66. The van der Waals surface area contributed by atoms with Crippen LogP contribution >= 0.6 is 11.6 Å². The van der Waals surface area contributed by atoms with Gasteiger partial charge in [-0.3, -0.25) is 4.79 Å². The first-order valence-corrected chi connectivity index (χ1v) is 7.03. The maximum Gasteiger partial charge on any atom is 0.196 e. The second-order valence-corrected chi connectivity index (χ2v) is 6.27. The third kappa shape index (κ3) is 2.42. The Morgan fingerprint density at radius 1 is 1.24 bits per heavy atom. The van der Waals surface area contributed by atoms with Crippen LogP contribution < -0.4 is 4.74 Å². The fourth-order valence-electron chi connectivity index (χ4n) is 2.49. The highest BCUT2D eigenvalue weighted by Gasteiger charge is 2.32. The van der Waals surface area contributed by atoms with Crippen LogP contribution in [0.2, 0.25) is 5.02 Å². The SMILES string of the molecule is CC1(C)COc2ccc(C(=O)c3cc(Cl)ccc3F)cc21. The molecule has 0 radical (unpaired) electrons. The quantitative estimate of drug-likeness (QED) is 0.770. The van der Waals surface area contributed by atoms with Gasteiger partial charge < -0.3 is 4.74 Å². The van der Waals surface area contributed by atoms with Crippen LogP contribution in [0, 0.1) is 5.82 Å². The topological polar surface area (TPSA) is 26.3 Å². The largest absolute Gasteiger partial charge is 0.492 e. The number of ether oxygens (including phenoxy) is 1. The molecule has 0 unspecified atom stereocenters. The summed E-state index contributed by atoms with van der Waals surface area (Å²) in [5.74, 6) is -0.163. The molecule has 2 aromatic rings. The number of benzene rings is 2. The van der Waals surface area contributed by atoms with Gasteiger partial charge in [-0.25, -0.2) is 4.39 Å². The third-order valence-corrected chi connectivity index (χ3v) is 3.97. The summed E-state index contributed by atoms with van der Waals surface area (Å²) in [6.45, 7) is 4.67. The van der Waals surface area contributed by atoms with Crippen LogP contribution in [0.5, 0.6) is 5.75 Å². The van der Waals surface area contributed by atoms with Crippen LogP contribution in [0.3, 0.4) is 0 Å². The number of rotatable bonds is 2. The Balaban J connectivity index is 2.06. The van der Waals surface area contributed by atoms with Crippen LogP contribution in [0.4, 0.5) is 4.39 Å². The lowest BCUT2D eigenvalue weighted by atomic mass is 9.85. The summed E-state index contributed by atoms with van der Waals surface area (Å²) in [7, 11) is 0. The Bertz CT molecular complexity index is 738. The summed E-state index contributed by atoms with van der Waals surface area (Å²) in [5.41, 5.74) is 1.24. The van der Waals surface area contributed by atoms with E-state index >= 15 is 0 Å². The summed E-state index contributed by atoms with van der Waals surface area (Å²) in [6.07, 6.45) is 0. The van der Waals surface area contributed by atoms with E-state index in [-0.39, 0.29) is 16.8 Å². The molecule has 2 nitrogen and oxygen atoms in total. The van der Waals surface area contributed by atoms with E-state index in [4.69, 9.17) is 16.3 Å². The van der Waals surface area contributed by atoms with Gasteiger partial charge in [-0.1, -0.05) is 25.4 Å². The molecule has 1 heterocycles. The number of carbonyl (C=O) groups is 1. The fraction of sp³-hybridized carbons (Fsp3) is 0.235. The Kier molecular flexibility index (Phi) is 3.25.